The van der Waals surface area contributed by atoms with Crippen LogP contribution in [-0.2, 0) is 17.9 Å². The minimum absolute atomic E-state index is 0. The average Bonchev–Trinajstić information content (AvgIpc) is 3.03. The summed E-state index contributed by atoms with van der Waals surface area (Å²) in [6.45, 7) is 3.19. The fourth-order valence-electron chi connectivity index (χ4n) is 3.59. The molecule has 0 saturated carbocycles. The Morgan fingerprint density at radius 2 is 1.52 bits per heavy atom. The van der Waals surface area contributed by atoms with Crippen LogP contribution in [0.25, 0.3) is 11.1 Å². The Balaban J connectivity index is 0.00000156. The Labute approximate surface area is 143 Å². The molecule has 2 aromatic rings. The van der Waals surface area contributed by atoms with Gasteiger partial charge in [-0.05, 0) is 35.2 Å². The van der Waals surface area contributed by atoms with E-state index in [0.717, 1.165) is 19.5 Å². The molecule has 23 heavy (non-hydrogen) atoms. The van der Waals surface area contributed by atoms with Gasteiger partial charge < -0.3 is 10.2 Å². The Kier molecular flexibility index (Phi) is 4.69. The zero-order valence-corrected chi connectivity index (χ0v) is 13.8. The highest BCUT2D eigenvalue weighted by Gasteiger charge is 2.29. The van der Waals surface area contributed by atoms with Gasteiger partial charge in [-0.25, -0.2) is 0 Å². The number of halogens is 1. The number of amides is 1. The zero-order valence-electron chi connectivity index (χ0n) is 13.0. The van der Waals surface area contributed by atoms with Crippen LogP contribution in [-0.4, -0.2) is 23.9 Å². The number of carbonyl (C=O) groups is 1. The maximum Gasteiger partial charge on any atom is 0.227 e. The number of rotatable bonds is 1. The molecule has 0 spiro atoms. The standard InChI is InChI=1S/C19H20N2O.ClH/c22-19(14-9-10-20-11-14)21-12-15-5-1-3-7-17(15)18-8-4-2-6-16(18)13-21;/h1-8,14,20H,9-13H2;1H. The van der Waals surface area contributed by atoms with Gasteiger partial charge in [0.15, 0.2) is 0 Å². The predicted molar refractivity (Wildman–Crippen MR) is 94.4 cm³/mol. The van der Waals surface area contributed by atoms with Crippen molar-refractivity contribution in [3.8, 4) is 11.1 Å². The molecule has 2 heterocycles. The number of nitrogens with one attached hydrogen (secondary N) is 1. The van der Waals surface area contributed by atoms with Gasteiger partial charge in [0, 0.05) is 19.6 Å². The van der Waals surface area contributed by atoms with E-state index in [1.807, 2.05) is 4.90 Å². The van der Waals surface area contributed by atoms with E-state index >= 15 is 0 Å². The van der Waals surface area contributed by atoms with Crippen LogP contribution in [0.2, 0.25) is 0 Å². The van der Waals surface area contributed by atoms with E-state index in [9.17, 15) is 4.79 Å². The Hall–Kier alpha value is -1.84. The molecule has 0 bridgehead atoms. The quantitative estimate of drug-likeness (QED) is 0.871. The second-order valence-corrected chi connectivity index (χ2v) is 6.20. The first kappa shape index (κ1) is 16.0. The Bertz CT molecular complexity index is 663. The topological polar surface area (TPSA) is 32.3 Å². The maximum absolute atomic E-state index is 12.9. The lowest BCUT2D eigenvalue weighted by Crippen LogP contribution is -2.35. The zero-order chi connectivity index (χ0) is 14.9. The van der Waals surface area contributed by atoms with Gasteiger partial charge in [-0.1, -0.05) is 48.5 Å². The van der Waals surface area contributed by atoms with Crippen LogP contribution in [0, 0.1) is 5.92 Å². The van der Waals surface area contributed by atoms with Crippen molar-refractivity contribution in [1.82, 2.24) is 10.2 Å². The molecule has 2 aliphatic heterocycles. The molecule has 1 fully saturated rings. The van der Waals surface area contributed by atoms with Crippen molar-refractivity contribution in [3.05, 3.63) is 59.7 Å². The van der Waals surface area contributed by atoms with Crippen molar-refractivity contribution in [2.24, 2.45) is 5.92 Å². The van der Waals surface area contributed by atoms with Crippen molar-refractivity contribution in [1.29, 1.82) is 0 Å². The third-order valence-corrected chi connectivity index (χ3v) is 4.77. The fraction of sp³-hybridized carbons (Fsp3) is 0.316. The van der Waals surface area contributed by atoms with Gasteiger partial charge in [0.05, 0.1) is 5.92 Å². The van der Waals surface area contributed by atoms with Crippen molar-refractivity contribution in [3.63, 3.8) is 0 Å². The lowest BCUT2D eigenvalue weighted by molar-refractivity contribution is -0.136. The largest absolute Gasteiger partial charge is 0.334 e. The van der Waals surface area contributed by atoms with Gasteiger partial charge in [-0.3, -0.25) is 4.79 Å². The summed E-state index contributed by atoms with van der Waals surface area (Å²) in [4.78, 5) is 14.9. The first-order valence-electron chi connectivity index (χ1n) is 7.98. The molecule has 4 rings (SSSR count). The molecule has 0 radical (unpaired) electrons. The highest BCUT2D eigenvalue weighted by molar-refractivity contribution is 5.85. The number of carbonyl (C=O) groups excluding carboxylic acids is 1. The predicted octanol–water partition coefficient (Wildman–Crippen LogP) is 3.23. The number of benzene rings is 2. The van der Waals surface area contributed by atoms with E-state index in [1.165, 1.54) is 22.3 Å². The molecule has 2 aliphatic rings. The molecule has 3 nitrogen and oxygen atoms in total. The SMILES string of the molecule is Cl.O=C(C1CCNC1)N1Cc2ccccc2-c2ccccc2C1. The van der Waals surface area contributed by atoms with Crippen LogP contribution >= 0.6 is 12.4 Å². The van der Waals surface area contributed by atoms with Crippen molar-refractivity contribution < 1.29 is 4.79 Å². The van der Waals surface area contributed by atoms with Crippen LogP contribution in [0.15, 0.2) is 48.5 Å². The maximum atomic E-state index is 12.9. The summed E-state index contributed by atoms with van der Waals surface area (Å²) in [6.07, 6.45) is 0.957. The summed E-state index contributed by atoms with van der Waals surface area (Å²) >= 11 is 0. The van der Waals surface area contributed by atoms with E-state index in [2.05, 4.69) is 53.8 Å². The average molecular weight is 329 g/mol. The summed E-state index contributed by atoms with van der Waals surface area (Å²) in [5.74, 6) is 0.425. The summed E-state index contributed by atoms with van der Waals surface area (Å²) < 4.78 is 0. The molecule has 1 amide bonds. The van der Waals surface area contributed by atoms with Crippen LogP contribution in [0.1, 0.15) is 17.5 Å². The molecular weight excluding hydrogens is 308 g/mol. The van der Waals surface area contributed by atoms with Crippen molar-refractivity contribution in [2.45, 2.75) is 19.5 Å². The minimum Gasteiger partial charge on any atom is -0.334 e. The summed E-state index contributed by atoms with van der Waals surface area (Å²) in [6, 6.07) is 16.9. The van der Waals surface area contributed by atoms with E-state index in [4.69, 9.17) is 0 Å². The van der Waals surface area contributed by atoms with Crippen LogP contribution in [0.3, 0.4) is 0 Å². The molecule has 1 N–H and O–H groups in total. The van der Waals surface area contributed by atoms with Crippen LogP contribution in [0.4, 0.5) is 0 Å². The van der Waals surface area contributed by atoms with Gasteiger partial charge in [0.25, 0.3) is 0 Å². The number of hydrogen-bond donors (Lipinski definition) is 1. The fourth-order valence-corrected chi connectivity index (χ4v) is 3.59. The number of hydrogen-bond acceptors (Lipinski definition) is 2. The summed E-state index contributed by atoms with van der Waals surface area (Å²) in [5.41, 5.74) is 5.01. The molecule has 0 aromatic heterocycles. The molecule has 1 unspecified atom stereocenters. The lowest BCUT2D eigenvalue weighted by Gasteiger charge is -2.24. The number of fused-ring (bicyclic) bond motifs is 3. The van der Waals surface area contributed by atoms with Crippen molar-refractivity contribution in [2.75, 3.05) is 13.1 Å². The minimum atomic E-state index is 0. The summed E-state index contributed by atoms with van der Waals surface area (Å²) in [7, 11) is 0. The third kappa shape index (κ3) is 2.99. The second-order valence-electron chi connectivity index (χ2n) is 6.20. The second kappa shape index (κ2) is 6.73. The molecule has 1 saturated heterocycles. The number of nitrogens with zero attached hydrogens (tertiary/aromatic N) is 1. The third-order valence-electron chi connectivity index (χ3n) is 4.77. The van der Waals surface area contributed by atoms with Gasteiger partial charge in [-0.15, -0.1) is 12.4 Å². The van der Waals surface area contributed by atoms with Crippen molar-refractivity contribution >= 4 is 18.3 Å². The normalized spacial score (nSPS) is 19.3. The molecule has 2 aromatic carbocycles. The van der Waals surface area contributed by atoms with Crippen LogP contribution in [0.5, 0.6) is 0 Å². The molecule has 120 valence electrons. The van der Waals surface area contributed by atoms with Gasteiger partial charge in [-0.2, -0.15) is 0 Å². The molecular formula is C19H21ClN2O. The molecule has 4 heteroatoms. The van der Waals surface area contributed by atoms with Gasteiger partial charge >= 0.3 is 0 Å². The Morgan fingerprint density at radius 3 is 2.04 bits per heavy atom. The monoisotopic (exact) mass is 328 g/mol. The van der Waals surface area contributed by atoms with E-state index in [0.29, 0.717) is 13.1 Å². The lowest BCUT2D eigenvalue weighted by atomic mass is 9.97. The molecule has 0 aliphatic carbocycles. The highest BCUT2D eigenvalue weighted by Crippen LogP contribution is 2.33. The van der Waals surface area contributed by atoms with Gasteiger partial charge in [0.2, 0.25) is 5.91 Å². The van der Waals surface area contributed by atoms with E-state index in [-0.39, 0.29) is 24.2 Å². The first-order valence-corrected chi connectivity index (χ1v) is 7.98. The van der Waals surface area contributed by atoms with Crippen LogP contribution < -0.4 is 5.32 Å². The first-order chi connectivity index (χ1) is 10.8. The van der Waals surface area contributed by atoms with Gasteiger partial charge in [0.1, 0.15) is 0 Å². The summed E-state index contributed by atoms with van der Waals surface area (Å²) in [5, 5.41) is 3.30. The Morgan fingerprint density at radius 1 is 0.957 bits per heavy atom. The highest BCUT2D eigenvalue weighted by atomic mass is 35.5. The van der Waals surface area contributed by atoms with E-state index in [1.54, 1.807) is 0 Å². The smallest absolute Gasteiger partial charge is 0.227 e. The molecule has 1 atom stereocenters. The van der Waals surface area contributed by atoms with E-state index < -0.39 is 0 Å².